The molecule has 0 fully saturated rings. The van der Waals surface area contributed by atoms with Crippen LogP contribution in [0, 0.1) is 5.92 Å². The zero-order valence-electron chi connectivity index (χ0n) is 22.3. The number of rotatable bonds is 4. The van der Waals surface area contributed by atoms with Gasteiger partial charge >= 0.3 is 0 Å². The zero-order valence-corrected chi connectivity index (χ0v) is 22.3. The van der Waals surface area contributed by atoms with E-state index in [2.05, 4.69) is 117 Å². The molecule has 0 spiro atoms. The van der Waals surface area contributed by atoms with E-state index in [1.807, 2.05) is 6.20 Å². The highest BCUT2D eigenvalue weighted by Gasteiger charge is 2.23. The Balaban J connectivity index is 1.32. The first-order valence-corrected chi connectivity index (χ1v) is 13.6. The van der Waals surface area contributed by atoms with Crippen molar-refractivity contribution in [2.24, 2.45) is 10.9 Å². The molecule has 1 aliphatic rings. The number of hydrogen-bond donors (Lipinski definition) is 1. The molecule has 7 rings (SSSR count). The second kappa shape index (κ2) is 8.66. The maximum Gasteiger partial charge on any atom is 0.109 e. The quantitative estimate of drug-likeness (QED) is 0.244. The van der Waals surface area contributed by atoms with Crippen LogP contribution in [0.15, 0.2) is 90.1 Å². The van der Waals surface area contributed by atoms with Crippen molar-refractivity contribution in [3.63, 3.8) is 0 Å². The van der Waals surface area contributed by atoms with Crippen LogP contribution < -0.4 is 0 Å². The molecule has 0 saturated heterocycles. The van der Waals surface area contributed by atoms with Crippen LogP contribution in [0.2, 0.25) is 0 Å². The van der Waals surface area contributed by atoms with Gasteiger partial charge in [-0.25, -0.2) is 4.98 Å². The summed E-state index contributed by atoms with van der Waals surface area (Å²) < 4.78 is 0. The number of imidazole rings is 1. The van der Waals surface area contributed by atoms with Crippen LogP contribution in [0.4, 0.5) is 5.69 Å². The largest absolute Gasteiger partial charge is 0.342 e. The standard InChI is InChI=1S/C35H31N3/c1-20(2)32-18-31-28-14-13-25(17-30(28)27-7-5-6-8-29(27)34(31)37-32)23-9-10-24-16-26(12-11-22(24)15-23)33-19-36-35(38-33)21(3)4/h5-17,19-21H,18H2,1-4H3,(H,36,38). The molecule has 3 nitrogen and oxygen atoms in total. The van der Waals surface area contributed by atoms with Gasteiger partial charge in [0, 0.05) is 29.0 Å². The maximum absolute atomic E-state index is 5.09. The van der Waals surface area contributed by atoms with E-state index in [0.29, 0.717) is 11.8 Å². The summed E-state index contributed by atoms with van der Waals surface area (Å²) in [5.41, 5.74) is 8.54. The first kappa shape index (κ1) is 22.9. The lowest BCUT2D eigenvalue weighted by molar-refractivity contribution is 0.795. The van der Waals surface area contributed by atoms with E-state index < -0.39 is 0 Å². The molecule has 1 aliphatic heterocycles. The van der Waals surface area contributed by atoms with Gasteiger partial charge in [-0.15, -0.1) is 0 Å². The molecular formula is C35H31N3. The first-order chi connectivity index (χ1) is 18.5. The Kier molecular flexibility index (Phi) is 5.23. The Morgan fingerprint density at radius 2 is 1.34 bits per heavy atom. The highest BCUT2D eigenvalue weighted by molar-refractivity contribution is 6.19. The molecule has 0 saturated carbocycles. The number of aromatic nitrogens is 2. The van der Waals surface area contributed by atoms with E-state index in [1.165, 1.54) is 66.0 Å². The lowest BCUT2D eigenvalue weighted by Crippen LogP contribution is -2.06. The fourth-order valence-electron chi connectivity index (χ4n) is 5.80. The highest BCUT2D eigenvalue weighted by atomic mass is 14.9. The van der Waals surface area contributed by atoms with E-state index in [-0.39, 0.29) is 0 Å². The van der Waals surface area contributed by atoms with Gasteiger partial charge < -0.3 is 4.98 Å². The minimum atomic E-state index is 0.386. The van der Waals surface area contributed by atoms with Gasteiger partial charge in [-0.1, -0.05) is 88.4 Å². The van der Waals surface area contributed by atoms with E-state index >= 15 is 0 Å². The van der Waals surface area contributed by atoms with Crippen LogP contribution in [0.1, 0.15) is 45.0 Å². The third-order valence-corrected chi connectivity index (χ3v) is 8.01. The molecular weight excluding hydrogens is 462 g/mol. The SMILES string of the molecule is CC(C)C1=Nc2c(c3ccc(-c4ccc5cc(-c6cnc(C(C)C)[nH]6)ccc5c4)cc3c3ccccc23)C1. The van der Waals surface area contributed by atoms with Gasteiger partial charge in [0.15, 0.2) is 0 Å². The predicted octanol–water partition coefficient (Wildman–Crippen LogP) is 9.61. The molecule has 1 aromatic heterocycles. The third-order valence-electron chi connectivity index (χ3n) is 8.01. The van der Waals surface area contributed by atoms with Crippen molar-refractivity contribution in [3.05, 3.63) is 96.4 Å². The Hall–Kier alpha value is -4.24. The number of nitrogens with zero attached hydrogens (tertiary/aromatic N) is 2. The highest BCUT2D eigenvalue weighted by Crippen LogP contribution is 2.43. The van der Waals surface area contributed by atoms with Gasteiger partial charge in [0.25, 0.3) is 0 Å². The van der Waals surface area contributed by atoms with Crippen molar-refractivity contribution >= 4 is 43.7 Å². The summed E-state index contributed by atoms with van der Waals surface area (Å²) in [6.45, 7) is 8.80. The van der Waals surface area contributed by atoms with Crippen LogP contribution in [0.3, 0.4) is 0 Å². The summed E-state index contributed by atoms with van der Waals surface area (Å²) in [6.07, 6.45) is 2.89. The van der Waals surface area contributed by atoms with Crippen LogP contribution in [0.25, 0.3) is 54.7 Å². The number of aliphatic imine (C=N–C) groups is 1. The molecule has 38 heavy (non-hydrogen) atoms. The van der Waals surface area contributed by atoms with Crippen molar-refractivity contribution in [1.82, 2.24) is 9.97 Å². The van der Waals surface area contributed by atoms with Crippen molar-refractivity contribution in [2.45, 2.75) is 40.0 Å². The van der Waals surface area contributed by atoms with Crippen LogP contribution in [0.5, 0.6) is 0 Å². The lowest BCUT2D eigenvalue weighted by atomic mass is 9.90. The molecule has 1 N–H and O–H groups in total. The zero-order chi connectivity index (χ0) is 26.0. The summed E-state index contributed by atoms with van der Waals surface area (Å²) in [4.78, 5) is 13.1. The van der Waals surface area contributed by atoms with Crippen molar-refractivity contribution in [3.8, 4) is 22.4 Å². The molecule has 5 aromatic carbocycles. The second-order valence-electron chi connectivity index (χ2n) is 11.2. The normalized spacial score (nSPS) is 13.3. The van der Waals surface area contributed by atoms with Gasteiger partial charge in [-0.05, 0) is 67.7 Å². The van der Waals surface area contributed by atoms with Gasteiger partial charge in [-0.2, -0.15) is 0 Å². The van der Waals surface area contributed by atoms with Crippen LogP contribution in [-0.4, -0.2) is 15.7 Å². The molecule has 186 valence electrons. The molecule has 0 atom stereocenters. The average molecular weight is 494 g/mol. The molecule has 0 unspecified atom stereocenters. The summed E-state index contributed by atoms with van der Waals surface area (Å²) in [5, 5.41) is 7.65. The summed E-state index contributed by atoms with van der Waals surface area (Å²) >= 11 is 0. The maximum atomic E-state index is 5.09. The number of benzene rings is 5. The third kappa shape index (κ3) is 3.65. The number of nitrogens with one attached hydrogen (secondary N) is 1. The fourth-order valence-corrected chi connectivity index (χ4v) is 5.80. The summed E-state index contributed by atoms with van der Waals surface area (Å²) in [7, 11) is 0. The Bertz CT molecular complexity index is 1900. The second-order valence-corrected chi connectivity index (χ2v) is 11.2. The fraction of sp³-hybridized carbons (Fsp3) is 0.200. The topological polar surface area (TPSA) is 41.0 Å². The van der Waals surface area contributed by atoms with E-state index in [9.17, 15) is 0 Å². The van der Waals surface area contributed by atoms with Crippen molar-refractivity contribution in [1.29, 1.82) is 0 Å². The average Bonchev–Trinajstić information content (AvgIpc) is 3.61. The van der Waals surface area contributed by atoms with Crippen LogP contribution >= 0.6 is 0 Å². The Labute approximate surface area is 223 Å². The lowest BCUT2D eigenvalue weighted by Gasteiger charge is -2.13. The summed E-state index contributed by atoms with van der Waals surface area (Å²) in [5.74, 6) is 1.87. The number of hydrogen-bond acceptors (Lipinski definition) is 2. The predicted molar refractivity (Wildman–Crippen MR) is 162 cm³/mol. The van der Waals surface area contributed by atoms with E-state index in [0.717, 1.165) is 17.9 Å². The summed E-state index contributed by atoms with van der Waals surface area (Å²) in [6, 6.07) is 29.2. The van der Waals surface area contributed by atoms with Crippen molar-refractivity contribution < 1.29 is 0 Å². The molecule has 6 aromatic rings. The van der Waals surface area contributed by atoms with Gasteiger partial charge in [0.1, 0.15) is 5.82 Å². The minimum absolute atomic E-state index is 0.386. The van der Waals surface area contributed by atoms with E-state index in [1.54, 1.807) is 0 Å². The van der Waals surface area contributed by atoms with Gasteiger partial charge in [0.05, 0.1) is 17.6 Å². The number of fused-ring (bicyclic) bond motifs is 7. The molecule has 3 heteroatoms. The van der Waals surface area contributed by atoms with Crippen molar-refractivity contribution in [2.75, 3.05) is 0 Å². The first-order valence-electron chi connectivity index (χ1n) is 13.6. The smallest absolute Gasteiger partial charge is 0.109 e. The van der Waals surface area contributed by atoms with Gasteiger partial charge in [-0.3, -0.25) is 4.99 Å². The Morgan fingerprint density at radius 3 is 2.08 bits per heavy atom. The molecule has 0 aliphatic carbocycles. The van der Waals surface area contributed by atoms with Gasteiger partial charge in [0.2, 0.25) is 0 Å². The number of aromatic amines is 1. The molecule has 0 radical (unpaired) electrons. The number of H-pyrrole nitrogens is 1. The molecule has 0 bridgehead atoms. The van der Waals surface area contributed by atoms with E-state index in [4.69, 9.17) is 4.99 Å². The van der Waals surface area contributed by atoms with Crippen LogP contribution in [-0.2, 0) is 6.42 Å². The molecule has 0 amide bonds. The Morgan fingerprint density at radius 1 is 0.658 bits per heavy atom. The molecule has 2 heterocycles. The monoisotopic (exact) mass is 493 g/mol. The minimum Gasteiger partial charge on any atom is -0.342 e.